The predicted molar refractivity (Wildman–Crippen MR) is 73.2 cm³/mol. The summed E-state index contributed by atoms with van der Waals surface area (Å²) in [5.74, 6) is 0.711. The third-order valence-electron chi connectivity index (χ3n) is 3.40. The lowest BCUT2D eigenvalue weighted by Crippen LogP contribution is -2.21. The summed E-state index contributed by atoms with van der Waals surface area (Å²) in [6.07, 6.45) is 1.15. The number of likely N-dealkylation sites (tertiary alicyclic amines) is 1. The highest BCUT2D eigenvalue weighted by Crippen LogP contribution is 2.24. The van der Waals surface area contributed by atoms with Crippen LogP contribution in [0.4, 0.5) is 0 Å². The van der Waals surface area contributed by atoms with Gasteiger partial charge in [-0.25, -0.2) is 0 Å². The normalized spacial score (nSPS) is 19.5. The Hall–Kier alpha value is -1.73. The molecule has 0 aliphatic carbocycles. The molecule has 1 fully saturated rings. The van der Waals surface area contributed by atoms with Crippen LogP contribution in [0.25, 0.3) is 10.7 Å². The zero-order chi connectivity index (χ0) is 13.9. The van der Waals surface area contributed by atoms with Crippen molar-refractivity contribution in [1.29, 1.82) is 0 Å². The SMILES string of the molecule is O=C(O)CC1CCN(Cc2nc(-c3cccs3)no2)C1. The Morgan fingerprint density at radius 2 is 2.50 bits per heavy atom. The topological polar surface area (TPSA) is 79.5 Å². The fraction of sp³-hybridized carbons (Fsp3) is 0.462. The van der Waals surface area contributed by atoms with Gasteiger partial charge in [-0.3, -0.25) is 9.69 Å². The average Bonchev–Trinajstić information content (AvgIpc) is 3.09. The molecule has 20 heavy (non-hydrogen) atoms. The molecule has 106 valence electrons. The summed E-state index contributed by atoms with van der Waals surface area (Å²) in [6, 6.07) is 3.91. The van der Waals surface area contributed by atoms with Gasteiger partial charge in [0.25, 0.3) is 0 Å². The van der Waals surface area contributed by atoms with Gasteiger partial charge in [0, 0.05) is 13.0 Å². The lowest BCUT2D eigenvalue weighted by molar-refractivity contribution is -0.138. The summed E-state index contributed by atoms with van der Waals surface area (Å²) in [5.41, 5.74) is 0. The molecule has 1 aliphatic heterocycles. The molecule has 0 amide bonds. The molecule has 1 N–H and O–H groups in total. The summed E-state index contributed by atoms with van der Waals surface area (Å²) in [7, 11) is 0. The lowest BCUT2D eigenvalue weighted by Gasteiger charge is -2.12. The van der Waals surface area contributed by atoms with Crippen molar-refractivity contribution in [1.82, 2.24) is 15.0 Å². The zero-order valence-electron chi connectivity index (χ0n) is 10.9. The maximum atomic E-state index is 10.7. The van der Waals surface area contributed by atoms with E-state index in [-0.39, 0.29) is 12.3 Å². The molecule has 3 rings (SSSR count). The highest BCUT2D eigenvalue weighted by Gasteiger charge is 2.25. The highest BCUT2D eigenvalue weighted by atomic mass is 32.1. The second-order valence-electron chi connectivity index (χ2n) is 4.98. The Kier molecular flexibility index (Phi) is 3.79. The monoisotopic (exact) mass is 293 g/mol. The van der Waals surface area contributed by atoms with Crippen LogP contribution in [0.5, 0.6) is 0 Å². The summed E-state index contributed by atoms with van der Waals surface area (Å²) < 4.78 is 5.25. The first-order valence-electron chi connectivity index (χ1n) is 6.51. The minimum absolute atomic E-state index is 0.229. The Morgan fingerprint density at radius 1 is 1.60 bits per heavy atom. The van der Waals surface area contributed by atoms with E-state index >= 15 is 0 Å². The predicted octanol–water partition coefficient (Wildman–Crippen LogP) is 2.09. The summed E-state index contributed by atoms with van der Waals surface area (Å²) in [5, 5.41) is 14.7. The van der Waals surface area contributed by atoms with Crippen LogP contribution in [-0.4, -0.2) is 39.2 Å². The number of carbonyl (C=O) groups is 1. The number of aliphatic carboxylic acids is 1. The van der Waals surface area contributed by atoms with E-state index in [9.17, 15) is 4.79 Å². The van der Waals surface area contributed by atoms with Crippen molar-refractivity contribution < 1.29 is 14.4 Å². The minimum atomic E-state index is -0.727. The number of carboxylic acids is 1. The lowest BCUT2D eigenvalue weighted by atomic mass is 10.1. The third-order valence-corrected chi connectivity index (χ3v) is 4.27. The van der Waals surface area contributed by atoms with Gasteiger partial charge in [-0.1, -0.05) is 11.2 Å². The van der Waals surface area contributed by atoms with E-state index in [2.05, 4.69) is 15.0 Å². The zero-order valence-corrected chi connectivity index (χ0v) is 11.7. The van der Waals surface area contributed by atoms with Gasteiger partial charge >= 0.3 is 5.97 Å². The van der Waals surface area contributed by atoms with Gasteiger partial charge in [-0.15, -0.1) is 11.3 Å². The number of hydrogen-bond acceptors (Lipinski definition) is 6. The molecule has 0 saturated carbocycles. The molecule has 1 saturated heterocycles. The van der Waals surface area contributed by atoms with Gasteiger partial charge in [0.05, 0.1) is 11.4 Å². The standard InChI is InChI=1S/C13H15N3O3S/c17-12(18)6-9-3-4-16(7-9)8-11-14-13(15-19-11)10-2-1-5-20-10/h1-2,5,9H,3-4,6-8H2,(H,17,18). The van der Waals surface area contributed by atoms with Crippen molar-refractivity contribution in [2.45, 2.75) is 19.4 Å². The molecule has 1 unspecified atom stereocenters. The summed E-state index contributed by atoms with van der Waals surface area (Å²) in [4.78, 5) is 18.2. The third kappa shape index (κ3) is 3.05. The van der Waals surface area contributed by atoms with Gasteiger partial charge in [-0.2, -0.15) is 4.98 Å². The number of nitrogens with zero attached hydrogens (tertiary/aromatic N) is 3. The van der Waals surface area contributed by atoms with Crippen LogP contribution in [-0.2, 0) is 11.3 Å². The summed E-state index contributed by atoms with van der Waals surface area (Å²) in [6.45, 7) is 2.26. The second-order valence-corrected chi connectivity index (χ2v) is 5.92. The van der Waals surface area contributed by atoms with Crippen LogP contribution < -0.4 is 0 Å². The van der Waals surface area contributed by atoms with Gasteiger partial charge in [0.1, 0.15) is 0 Å². The van der Waals surface area contributed by atoms with Gasteiger partial charge in [-0.05, 0) is 30.3 Å². The van der Waals surface area contributed by atoms with Crippen molar-refractivity contribution in [2.24, 2.45) is 5.92 Å². The van der Waals surface area contributed by atoms with Crippen LogP contribution in [0, 0.1) is 5.92 Å². The number of thiophene rings is 1. The second kappa shape index (κ2) is 5.72. The molecule has 2 aromatic rings. The first-order valence-corrected chi connectivity index (χ1v) is 7.39. The van der Waals surface area contributed by atoms with Crippen molar-refractivity contribution in [3.63, 3.8) is 0 Å². The summed E-state index contributed by atoms with van der Waals surface area (Å²) >= 11 is 1.58. The first kappa shape index (κ1) is 13.3. The van der Waals surface area contributed by atoms with Crippen molar-refractivity contribution >= 4 is 17.3 Å². The Bertz CT molecular complexity index is 581. The molecule has 7 heteroatoms. The molecule has 0 spiro atoms. The van der Waals surface area contributed by atoms with Crippen LogP contribution >= 0.6 is 11.3 Å². The van der Waals surface area contributed by atoms with E-state index in [1.807, 2.05) is 17.5 Å². The number of rotatable bonds is 5. The van der Waals surface area contributed by atoms with E-state index in [4.69, 9.17) is 9.63 Å². The van der Waals surface area contributed by atoms with Crippen LogP contribution in [0.3, 0.4) is 0 Å². The van der Waals surface area contributed by atoms with E-state index < -0.39 is 5.97 Å². The molecule has 0 bridgehead atoms. The van der Waals surface area contributed by atoms with Crippen molar-refractivity contribution in [2.75, 3.05) is 13.1 Å². The molecular weight excluding hydrogens is 278 g/mol. The minimum Gasteiger partial charge on any atom is -0.481 e. The van der Waals surface area contributed by atoms with Crippen LogP contribution in [0.2, 0.25) is 0 Å². The average molecular weight is 293 g/mol. The van der Waals surface area contributed by atoms with Crippen molar-refractivity contribution in [3.8, 4) is 10.7 Å². The van der Waals surface area contributed by atoms with Crippen LogP contribution in [0.1, 0.15) is 18.7 Å². The molecule has 1 aliphatic rings. The number of aromatic nitrogens is 2. The molecule has 0 aromatic carbocycles. The molecule has 0 radical (unpaired) electrons. The van der Waals surface area contributed by atoms with E-state index in [1.54, 1.807) is 11.3 Å². The fourth-order valence-electron chi connectivity index (χ4n) is 2.49. The van der Waals surface area contributed by atoms with Gasteiger partial charge in [0.15, 0.2) is 0 Å². The molecule has 1 atom stereocenters. The van der Waals surface area contributed by atoms with Gasteiger partial charge < -0.3 is 9.63 Å². The molecular formula is C13H15N3O3S. The number of hydrogen-bond donors (Lipinski definition) is 1. The van der Waals surface area contributed by atoms with E-state index in [1.165, 1.54) is 0 Å². The number of carboxylic acid groups (broad SMARTS) is 1. The maximum Gasteiger partial charge on any atom is 0.303 e. The van der Waals surface area contributed by atoms with Crippen LogP contribution in [0.15, 0.2) is 22.0 Å². The van der Waals surface area contributed by atoms with E-state index in [0.717, 1.165) is 24.4 Å². The van der Waals surface area contributed by atoms with Gasteiger partial charge in [0.2, 0.25) is 11.7 Å². The maximum absolute atomic E-state index is 10.7. The fourth-order valence-corrected chi connectivity index (χ4v) is 3.14. The Balaban J connectivity index is 1.58. The van der Waals surface area contributed by atoms with Crippen molar-refractivity contribution in [3.05, 3.63) is 23.4 Å². The Labute approximate surface area is 120 Å². The highest BCUT2D eigenvalue weighted by molar-refractivity contribution is 7.13. The molecule has 2 aromatic heterocycles. The molecule has 6 nitrogen and oxygen atoms in total. The molecule has 3 heterocycles. The first-order chi connectivity index (χ1) is 9.70. The largest absolute Gasteiger partial charge is 0.481 e. The quantitative estimate of drug-likeness (QED) is 0.909. The smallest absolute Gasteiger partial charge is 0.303 e. The Morgan fingerprint density at radius 3 is 3.25 bits per heavy atom. The van der Waals surface area contributed by atoms with E-state index in [0.29, 0.717) is 18.3 Å².